The number of benzene rings is 1. The normalized spacial score (nSPS) is 14.5. The van der Waals surface area contributed by atoms with E-state index in [2.05, 4.69) is 30.2 Å². The topological polar surface area (TPSA) is 79.2 Å². The van der Waals surface area contributed by atoms with E-state index in [1.807, 2.05) is 6.07 Å². The van der Waals surface area contributed by atoms with E-state index < -0.39 is 11.6 Å². The summed E-state index contributed by atoms with van der Waals surface area (Å²) in [6, 6.07) is 5.10. The Morgan fingerprint density at radius 1 is 1.09 bits per heavy atom. The fourth-order valence-corrected chi connectivity index (χ4v) is 4.08. The number of nitrogens with zero attached hydrogens (tertiary/aromatic N) is 6. The van der Waals surface area contributed by atoms with Crippen LogP contribution in [-0.4, -0.2) is 69.8 Å². The number of carbonyl (C=O) groups is 1. The Labute approximate surface area is 191 Å². The first-order chi connectivity index (χ1) is 15.9. The molecule has 174 valence electrons. The van der Waals surface area contributed by atoms with Crippen LogP contribution in [0, 0.1) is 25.5 Å². The smallest absolute Gasteiger partial charge is 0.255 e. The predicted molar refractivity (Wildman–Crippen MR) is 121 cm³/mol. The lowest BCUT2D eigenvalue weighted by molar-refractivity contribution is 0.0950. The first kappa shape index (κ1) is 22.8. The van der Waals surface area contributed by atoms with Crippen LogP contribution in [0.2, 0.25) is 0 Å². The quantitative estimate of drug-likeness (QED) is 0.552. The van der Waals surface area contributed by atoms with E-state index in [4.69, 9.17) is 0 Å². The Morgan fingerprint density at radius 2 is 1.82 bits per heavy atom. The second-order valence-corrected chi connectivity index (χ2v) is 8.04. The summed E-state index contributed by atoms with van der Waals surface area (Å²) in [5, 5.41) is 7.24. The Bertz CT molecular complexity index is 1110. The van der Waals surface area contributed by atoms with Crippen molar-refractivity contribution in [1.82, 2.24) is 30.0 Å². The Balaban J connectivity index is 1.27. The molecule has 8 nitrogen and oxygen atoms in total. The van der Waals surface area contributed by atoms with Gasteiger partial charge in [0.25, 0.3) is 5.91 Å². The van der Waals surface area contributed by atoms with Gasteiger partial charge in [0.1, 0.15) is 11.5 Å². The van der Waals surface area contributed by atoms with Crippen molar-refractivity contribution in [1.29, 1.82) is 0 Å². The van der Waals surface area contributed by atoms with Crippen LogP contribution in [0.5, 0.6) is 0 Å². The lowest BCUT2D eigenvalue weighted by Gasteiger charge is -2.34. The molecule has 0 atom stereocenters. The molecule has 1 amide bonds. The number of aromatic nitrogens is 4. The van der Waals surface area contributed by atoms with E-state index in [1.165, 1.54) is 16.8 Å². The molecule has 0 spiro atoms. The number of rotatable bonds is 7. The number of amides is 1. The van der Waals surface area contributed by atoms with Crippen molar-refractivity contribution in [3.63, 3.8) is 0 Å². The molecule has 3 heterocycles. The molecular formula is C23H27F2N7O. The van der Waals surface area contributed by atoms with E-state index in [0.717, 1.165) is 51.2 Å². The highest BCUT2D eigenvalue weighted by Gasteiger charge is 2.21. The number of hydrogen-bond donors (Lipinski definition) is 1. The van der Waals surface area contributed by atoms with Gasteiger partial charge in [-0.2, -0.15) is 5.10 Å². The Hall–Kier alpha value is -3.40. The summed E-state index contributed by atoms with van der Waals surface area (Å²) in [5.41, 5.74) is 1.52. The lowest BCUT2D eigenvalue weighted by Crippen LogP contribution is -2.47. The zero-order chi connectivity index (χ0) is 23.4. The van der Waals surface area contributed by atoms with Crippen molar-refractivity contribution in [3.05, 3.63) is 65.2 Å². The average Bonchev–Trinajstić information content (AvgIpc) is 3.11. The van der Waals surface area contributed by atoms with Crippen LogP contribution in [0.3, 0.4) is 0 Å². The molecule has 2 aromatic heterocycles. The largest absolute Gasteiger partial charge is 0.352 e. The van der Waals surface area contributed by atoms with Crippen LogP contribution in [0.4, 0.5) is 14.7 Å². The fourth-order valence-electron chi connectivity index (χ4n) is 4.08. The van der Waals surface area contributed by atoms with Crippen molar-refractivity contribution >= 4 is 11.9 Å². The van der Waals surface area contributed by atoms with Gasteiger partial charge in [-0.25, -0.2) is 23.4 Å². The van der Waals surface area contributed by atoms with Gasteiger partial charge in [0.05, 0.1) is 17.0 Å². The first-order valence-electron chi connectivity index (χ1n) is 11.0. The number of nitrogens with one attached hydrogen (secondary N) is 1. The minimum absolute atomic E-state index is 0.107. The van der Waals surface area contributed by atoms with Gasteiger partial charge in [0.2, 0.25) is 5.95 Å². The van der Waals surface area contributed by atoms with Crippen molar-refractivity contribution in [2.75, 3.05) is 44.2 Å². The summed E-state index contributed by atoms with van der Waals surface area (Å²) < 4.78 is 28.8. The summed E-state index contributed by atoms with van der Waals surface area (Å²) in [4.78, 5) is 25.9. The van der Waals surface area contributed by atoms with Crippen molar-refractivity contribution < 1.29 is 13.6 Å². The van der Waals surface area contributed by atoms with Gasteiger partial charge in [-0.15, -0.1) is 0 Å². The van der Waals surface area contributed by atoms with Crippen LogP contribution < -0.4 is 10.2 Å². The molecule has 0 radical (unpaired) electrons. The molecule has 0 unspecified atom stereocenters. The minimum Gasteiger partial charge on any atom is -0.352 e. The third-order valence-electron chi connectivity index (χ3n) is 5.80. The standard InChI is InChI=1S/C23H27F2N7O/c1-16-21(17(2)32(29-16)20-6-5-18(24)15-19(20)25)22(33)26-9-4-10-30-11-13-31(14-12-30)23-27-7-3-8-28-23/h3,5-8,15H,4,9-14H2,1-2H3,(H,26,33). The second-order valence-electron chi connectivity index (χ2n) is 8.04. The van der Waals surface area contributed by atoms with Crippen LogP contribution >= 0.6 is 0 Å². The molecule has 1 aliphatic rings. The summed E-state index contributed by atoms with van der Waals surface area (Å²) in [6.45, 7) is 8.38. The molecule has 1 aliphatic heterocycles. The van der Waals surface area contributed by atoms with Crippen LogP contribution in [0.15, 0.2) is 36.7 Å². The molecule has 0 bridgehead atoms. The SMILES string of the molecule is Cc1nn(-c2ccc(F)cc2F)c(C)c1C(=O)NCCCN1CCN(c2ncccn2)CC1. The Morgan fingerprint density at radius 3 is 2.52 bits per heavy atom. The van der Waals surface area contributed by atoms with Gasteiger partial charge in [-0.3, -0.25) is 9.69 Å². The molecule has 0 aliphatic carbocycles. The summed E-state index contributed by atoms with van der Waals surface area (Å²) in [7, 11) is 0. The van der Waals surface area contributed by atoms with Crippen LogP contribution in [0.1, 0.15) is 28.2 Å². The van der Waals surface area contributed by atoms with Crippen LogP contribution in [0.25, 0.3) is 5.69 Å². The van der Waals surface area contributed by atoms with Gasteiger partial charge in [-0.05, 0) is 45.0 Å². The third kappa shape index (κ3) is 5.16. The van der Waals surface area contributed by atoms with Gasteiger partial charge < -0.3 is 10.2 Å². The monoisotopic (exact) mass is 455 g/mol. The Kier molecular flexibility index (Phi) is 6.93. The molecule has 1 fully saturated rings. The molecule has 1 saturated heterocycles. The second kappa shape index (κ2) is 10.0. The highest BCUT2D eigenvalue weighted by Crippen LogP contribution is 2.21. The number of hydrogen-bond acceptors (Lipinski definition) is 6. The fraction of sp³-hybridized carbons (Fsp3) is 0.391. The maximum Gasteiger partial charge on any atom is 0.255 e. The summed E-state index contributed by atoms with van der Waals surface area (Å²) in [6.07, 6.45) is 4.31. The molecule has 10 heteroatoms. The van der Waals surface area contributed by atoms with E-state index in [1.54, 1.807) is 26.2 Å². The zero-order valence-electron chi connectivity index (χ0n) is 18.8. The summed E-state index contributed by atoms with van der Waals surface area (Å²) >= 11 is 0. The van der Waals surface area contributed by atoms with Gasteiger partial charge in [0, 0.05) is 51.2 Å². The molecule has 33 heavy (non-hydrogen) atoms. The average molecular weight is 456 g/mol. The number of piperazine rings is 1. The maximum atomic E-state index is 14.2. The predicted octanol–water partition coefficient (Wildman–Crippen LogP) is 2.50. The van der Waals surface area contributed by atoms with Crippen LogP contribution in [-0.2, 0) is 0 Å². The van der Waals surface area contributed by atoms with E-state index in [-0.39, 0.29) is 11.6 Å². The third-order valence-corrected chi connectivity index (χ3v) is 5.80. The molecule has 3 aromatic rings. The van der Waals surface area contributed by atoms with Gasteiger partial charge >= 0.3 is 0 Å². The lowest BCUT2D eigenvalue weighted by atomic mass is 10.1. The number of carbonyl (C=O) groups excluding carboxylic acids is 1. The van der Waals surface area contributed by atoms with Crippen molar-refractivity contribution in [2.45, 2.75) is 20.3 Å². The van der Waals surface area contributed by atoms with E-state index >= 15 is 0 Å². The molecule has 4 rings (SSSR count). The zero-order valence-corrected chi connectivity index (χ0v) is 18.8. The van der Waals surface area contributed by atoms with Gasteiger partial charge in [-0.1, -0.05) is 0 Å². The van der Waals surface area contributed by atoms with Crippen molar-refractivity contribution in [3.8, 4) is 5.69 Å². The first-order valence-corrected chi connectivity index (χ1v) is 11.0. The molecular weight excluding hydrogens is 428 g/mol. The van der Waals surface area contributed by atoms with E-state index in [9.17, 15) is 13.6 Å². The maximum absolute atomic E-state index is 14.2. The van der Waals surface area contributed by atoms with Gasteiger partial charge in [0.15, 0.2) is 5.82 Å². The summed E-state index contributed by atoms with van der Waals surface area (Å²) in [5.74, 6) is -0.877. The minimum atomic E-state index is -0.730. The number of anilines is 1. The molecule has 1 N–H and O–H groups in total. The highest BCUT2D eigenvalue weighted by molar-refractivity contribution is 5.96. The molecule has 0 saturated carbocycles. The highest BCUT2D eigenvalue weighted by atomic mass is 19.1. The number of halogens is 2. The van der Waals surface area contributed by atoms with E-state index in [0.29, 0.717) is 23.5 Å². The number of aryl methyl sites for hydroxylation is 1. The molecule has 1 aromatic carbocycles. The van der Waals surface area contributed by atoms with Crippen molar-refractivity contribution in [2.24, 2.45) is 0 Å².